The smallest absolute Gasteiger partial charge is 0.410 e. The minimum atomic E-state index is -0.598. The van der Waals surface area contributed by atoms with Gasteiger partial charge in [0.25, 0.3) is 11.8 Å². The molecule has 4 rings (SSSR count). The molecule has 1 unspecified atom stereocenters. The normalized spacial score (nSPS) is 15.6. The number of likely N-dealkylation sites (tertiary alicyclic amines) is 1. The van der Waals surface area contributed by atoms with E-state index in [4.69, 9.17) is 9.47 Å². The number of ether oxygens (including phenoxy) is 2. The van der Waals surface area contributed by atoms with E-state index in [9.17, 15) is 14.4 Å². The van der Waals surface area contributed by atoms with E-state index in [2.05, 4.69) is 15.6 Å². The number of carbonyl (C=O) groups is 3. The summed E-state index contributed by atoms with van der Waals surface area (Å²) < 4.78 is 10.9. The van der Waals surface area contributed by atoms with Crippen LogP contribution in [0.3, 0.4) is 0 Å². The highest BCUT2D eigenvalue weighted by Gasteiger charge is 2.31. The summed E-state index contributed by atoms with van der Waals surface area (Å²) in [6.07, 6.45) is 3.74. The zero-order valence-electron chi connectivity index (χ0n) is 23.0. The highest BCUT2D eigenvalue weighted by Crippen LogP contribution is 2.25. The van der Waals surface area contributed by atoms with Crippen LogP contribution in [0, 0.1) is 0 Å². The Kier molecular flexibility index (Phi) is 8.81. The van der Waals surface area contributed by atoms with Crippen LogP contribution in [0.25, 0.3) is 10.8 Å². The number of nitrogens with one attached hydrogen (secondary N) is 2. The molecule has 0 radical (unpaired) electrons. The number of aromatic nitrogens is 1. The summed E-state index contributed by atoms with van der Waals surface area (Å²) in [5, 5.41) is 7.49. The van der Waals surface area contributed by atoms with Crippen molar-refractivity contribution in [3.8, 4) is 0 Å². The SMILES string of the molecule is COCc1ccc(C(=O)Nc2cccnc2C(=O)NCC2CCCCN2C(=O)OC(C)(C)C)c2ccccc12. The minimum absolute atomic E-state index is 0.103. The molecule has 1 aliphatic rings. The van der Waals surface area contributed by atoms with Gasteiger partial charge in [0, 0.05) is 32.0 Å². The third-order valence-electron chi connectivity index (χ3n) is 6.58. The quantitative estimate of drug-likeness (QED) is 0.435. The number of methoxy groups -OCH3 is 1. The van der Waals surface area contributed by atoms with E-state index in [1.54, 1.807) is 30.2 Å². The van der Waals surface area contributed by atoms with Gasteiger partial charge in [-0.3, -0.25) is 9.59 Å². The zero-order valence-corrected chi connectivity index (χ0v) is 23.0. The van der Waals surface area contributed by atoms with Crippen LogP contribution in [-0.2, 0) is 16.1 Å². The van der Waals surface area contributed by atoms with Crippen molar-refractivity contribution >= 4 is 34.4 Å². The molecule has 0 spiro atoms. The molecule has 0 aliphatic carbocycles. The monoisotopic (exact) mass is 532 g/mol. The summed E-state index contributed by atoms with van der Waals surface area (Å²) in [7, 11) is 1.63. The van der Waals surface area contributed by atoms with E-state index in [1.165, 1.54) is 6.20 Å². The van der Waals surface area contributed by atoms with Crippen molar-refractivity contribution in [1.82, 2.24) is 15.2 Å². The van der Waals surface area contributed by atoms with E-state index >= 15 is 0 Å². The molecule has 1 fully saturated rings. The Hall–Kier alpha value is -3.98. The Morgan fingerprint density at radius 3 is 2.51 bits per heavy atom. The second-order valence-electron chi connectivity index (χ2n) is 10.6. The van der Waals surface area contributed by atoms with Crippen molar-refractivity contribution in [2.45, 2.75) is 58.3 Å². The zero-order chi connectivity index (χ0) is 28.0. The van der Waals surface area contributed by atoms with Crippen LogP contribution >= 0.6 is 0 Å². The standard InChI is InChI=1S/C30H36N4O5/c1-30(2,3)39-29(37)34-17-8-7-10-21(34)18-32-28(36)26-25(13-9-16-31-26)33-27(35)24-15-14-20(19-38-4)22-11-5-6-12-23(22)24/h5-6,9,11-16,21H,7-8,10,17-19H2,1-4H3,(H,32,36)(H,33,35). The highest BCUT2D eigenvalue weighted by atomic mass is 16.6. The highest BCUT2D eigenvalue weighted by molar-refractivity contribution is 6.15. The topological polar surface area (TPSA) is 110 Å². The number of benzene rings is 2. The number of anilines is 1. The van der Waals surface area contributed by atoms with Crippen LogP contribution in [0.15, 0.2) is 54.7 Å². The first-order chi connectivity index (χ1) is 18.7. The molecule has 1 aliphatic heterocycles. The van der Waals surface area contributed by atoms with E-state index in [1.807, 2.05) is 51.1 Å². The lowest BCUT2D eigenvalue weighted by Gasteiger charge is -2.36. The molecular formula is C30H36N4O5. The molecule has 2 N–H and O–H groups in total. The van der Waals surface area contributed by atoms with Gasteiger partial charge in [-0.1, -0.05) is 30.3 Å². The molecule has 1 atom stereocenters. The molecule has 9 heteroatoms. The first-order valence-electron chi connectivity index (χ1n) is 13.2. The number of nitrogens with zero attached hydrogens (tertiary/aromatic N) is 2. The summed E-state index contributed by atoms with van der Waals surface area (Å²) in [5.74, 6) is -0.776. The van der Waals surface area contributed by atoms with Crippen LogP contribution < -0.4 is 10.6 Å². The Morgan fingerprint density at radius 1 is 1.00 bits per heavy atom. The van der Waals surface area contributed by atoms with Crippen LogP contribution in [0.5, 0.6) is 0 Å². The number of fused-ring (bicyclic) bond motifs is 1. The summed E-state index contributed by atoms with van der Waals surface area (Å²) >= 11 is 0. The Labute approximate surface area is 228 Å². The third-order valence-corrected chi connectivity index (χ3v) is 6.58. The molecule has 0 bridgehead atoms. The molecule has 1 aromatic heterocycles. The van der Waals surface area contributed by atoms with E-state index in [0.717, 1.165) is 35.6 Å². The molecule has 2 heterocycles. The van der Waals surface area contributed by atoms with Crippen molar-refractivity contribution in [3.63, 3.8) is 0 Å². The fraction of sp³-hybridized carbons (Fsp3) is 0.400. The van der Waals surface area contributed by atoms with Crippen LogP contribution in [0.4, 0.5) is 10.5 Å². The number of hydrogen-bond donors (Lipinski definition) is 2. The molecular weight excluding hydrogens is 496 g/mol. The fourth-order valence-corrected chi connectivity index (χ4v) is 4.79. The number of rotatable bonds is 7. The average Bonchev–Trinajstić information content (AvgIpc) is 2.91. The summed E-state index contributed by atoms with van der Waals surface area (Å²) in [6.45, 7) is 6.77. The molecule has 3 amide bonds. The summed E-state index contributed by atoms with van der Waals surface area (Å²) in [4.78, 5) is 45.2. The van der Waals surface area contributed by atoms with Gasteiger partial charge in [0.15, 0.2) is 5.69 Å². The van der Waals surface area contributed by atoms with Crippen molar-refractivity contribution in [1.29, 1.82) is 0 Å². The van der Waals surface area contributed by atoms with Crippen molar-refractivity contribution < 1.29 is 23.9 Å². The van der Waals surface area contributed by atoms with Gasteiger partial charge in [0.1, 0.15) is 5.60 Å². The van der Waals surface area contributed by atoms with E-state index in [-0.39, 0.29) is 30.3 Å². The van der Waals surface area contributed by atoms with Crippen molar-refractivity contribution in [2.75, 3.05) is 25.5 Å². The van der Waals surface area contributed by atoms with Gasteiger partial charge in [-0.2, -0.15) is 0 Å². The molecule has 0 saturated carbocycles. The molecule has 9 nitrogen and oxygen atoms in total. The Bertz CT molecular complexity index is 1350. The molecule has 39 heavy (non-hydrogen) atoms. The lowest BCUT2D eigenvalue weighted by atomic mass is 9.99. The molecule has 1 saturated heterocycles. The third kappa shape index (κ3) is 6.92. The minimum Gasteiger partial charge on any atom is -0.444 e. The largest absolute Gasteiger partial charge is 0.444 e. The molecule has 206 valence electrons. The van der Waals surface area contributed by atoms with Gasteiger partial charge in [0.2, 0.25) is 0 Å². The molecule has 3 aromatic rings. The lowest BCUT2D eigenvalue weighted by molar-refractivity contribution is 0.00984. The Balaban J connectivity index is 1.48. The number of pyridine rings is 1. The van der Waals surface area contributed by atoms with Gasteiger partial charge in [0.05, 0.1) is 18.3 Å². The predicted molar refractivity (Wildman–Crippen MR) is 150 cm³/mol. The first-order valence-corrected chi connectivity index (χ1v) is 13.2. The summed E-state index contributed by atoms with van der Waals surface area (Å²) in [5.41, 5.74) is 1.27. The number of hydrogen-bond acceptors (Lipinski definition) is 6. The van der Waals surface area contributed by atoms with Crippen LogP contribution in [0.1, 0.15) is 66.4 Å². The maximum atomic E-state index is 13.3. The van der Waals surface area contributed by atoms with Gasteiger partial charge in [-0.25, -0.2) is 9.78 Å². The van der Waals surface area contributed by atoms with Crippen LogP contribution in [-0.4, -0.2) is 59.6 Å². The van der Waals surface area contributed by atoms with E-state index < -0.39 is 11.5 Å². The van der Waals surface area contributed by atoms with E-state index in [0.29, 0.717) is 24.4 Å². The van der Waals surface area contributed by atoms with Crippen molar-refractivity contribution in [2.24, 2.45) is 0 Å². The second kappa shape index (κ2) is 12.3. The van der Waals surface area contributed by atoms with Crippen LogP contribution in [0.2, 0.25) is 0 Å². The maximum absolute atomic E-state index is 13.3. The molecule has 2 aromatic carbocycles. The lowest BCUT2D eigenvalue weighted by Crippen LogP contribution is -2.50. The number of carbonyl (C=O) groups excluding carboxylic acids is 3. The maximum Gasteiger partial charge on any atom is 0.410 e. The average molecular weight is 533 g/mol. The Morgan fingerprint density at radius 2 is 1.77 bits per heavy atom. The van der Waals surface area contributed by atoms with Gasteiger partial charge in [-0.05, 0) is 74.6 Å². The fourth-order valence-electron chi connectivity index (χ4n) is 4.79. The first kappa shape index (κ1) is 28.0. The second-order valence-corrected chi connectivity index (χ2v) is 10.6. The van der Waals surface area contributed by atoms with Gasteiger partial charge in [-0.15, -0.1) is 0 Å². The summed E-state index contributed by atoms with van der Waals surface area (Å²) in [6, 6.07) is 14.4. The predicted octanol–water partition coefficient (Wildman–Crippen LogP) is 5.15. The van der Waals surface area contributed by atoms with Gasteiger partial charge < -0.3 is 25.0 Å². The van der Waals surface area contributed by atoms with Crippen molar-refractivity contribution in [3.05, 3.63) is 71.5 Å². The number of piperidine rings is 1. The number of amides is 3. The van der Waals surface area contributed by atoms with Gasteiger partial charge >= 0.3 is 6.09 Å².